The Kier molecular flexibility index (Phi) is 2.77. The summed E-state index contributed by atoms with van der Waals surface area (Å²) in [4.78, 5) is 21.1. The number of carbonyl (C=O) groups is 1. The molecule has 1 amide bonds. The molecule has 1 aromatic rings. The van der Waals surface area contributed by atoms with Crippen LogP contribution in [0.15, 0.2) is 12.4 Å². The highest BCUT2D eigenvalue weighted by Crippen LogP contribution is 2.05. The van der Waals surface area contributed by atoms with Crippen molar-refractivity contribution in [2.75, 3.05) is 25.5 Å². The Morgan fingerprint density at radius 3 is 3.00 bits per heavy atom. The maximum absolute atomic E-state index is 11.4. The molecule has 80 valence electrons. The first-order chi connectivity index (χ1) is 7.25. The molecule has 6 nitrogen and oxygen atoms in total. The Morgan fingerprint density at radius 2 is 2.33 bits per heavy atom. The molecular weight excluding hydrogens is 196 g/mol. The van der Waals surface area contributed by atoms with Gasteiger partial charge < -0.3 is 15.4 Å². The van der Waals surface area contributed by atoms with Gasteiger partial charge >= 0.3 is 0 Å². The fourth-order valence-corrected chi connectivity index (χ4v) is 1.36. The van der Waals surface area contributed by atoms with Gasteiger partial charge in [0.2, 0.25) is 5.91 Å². The minimum atomic E-state index is -0.0140. The van der Waals surface area contributed by atoms with Crippen LogP contribution in [0.3, 0.4) is 0 Å². The Hall–Kier alpha value is -1.69. The van der Waals surface area contributed by atoms with Crippen LogP contribution in [0.2, 0.25) is 0 Å². The number of amides is 1. The maximum Gasteiger partial charge on any atom is 0.249 e. The first-order valence-corrected chi connectivity index (χ1v) is 4.67. The number of ether oxygens (including phenoxy) is 1. The van der Waals surface area contributed by atoms with Crippen LogP contribution in [0, 0.1) is 0 Å². The molecule has 1 aromatic heterocycles. The number of morpholine rings is 1. The molecule has 1 aliphatic heterocycles. The quantitative estimate of drug-likeness (QED) is 0.703. The molecule has 0 aromatic carbocycles. The number of carbonyl (C=O) groups excluding carboxylic acids is 1. The number of aromatic nitrogens is 2. The molecule has 2 rings (SSSR count). The second-order valence-corrected chi connectivity index (χ2v) is 3.30. The predicted octanol–water partition coefficient (Wildman–Crippen LogP) is -0.582. The zero-order valence-corrected chi connectivity index (χ0v) is 8.22. The first-order valence-electron chi connectivity index (χ1n) is 4.67. The van der Waals surface area contributed by atoms with Crippen molar-refractivity contribution in [3.8, 4) is 0 Å². The van der Waals surface area contributed by atoms with Gasteiger partial charge in [-0.2, -0.15) is 0 Å². The summed E-state index contributed by atoms with van der Waals surface area (Å²) in [5.41, 5.74) is 6.15. The highest BCUT2D eigenvalue weighted by atomic mass is 16.5. The van der Waals surface area contributed by atoms with E-state index in [0.717, 1.165) is 5.69 Å². The fraction of sp³-hybridized carbons (Fsp3) is 0.444. The van der Waals surface area contributed by atoms with Crippen LogP contribution in [-0.4, -0.2) is 40.5 Å². The lowest BCUT2D eigenvalue weighted by molar-refractivity contribution is -0.143. The van der Waals surface area contributed by atoms with Gasteiger partial charge in [0, 0.05) is 6.54 Å². The largest absolute Gasteiger partial charge is 0.382 e. The molecule has 15 heavy (non-hydrogen) atoms. The Bertz CT molecular complexity index is 352. The van der Waals surface area contributed by atoms with E-state index in [1.54, 1.807) is 11.1 Å². The van der Waals surface area contributed by atoms with Gasteiger partial charge in [-0.1, -0.05) is 0 Å². The van der Waals surface area contributed by atoms with Gasteiger partial charge in [-0.3, -0.25) is 9.78 Å². The number of rotatable bonds is 2. The van der Waals surface area contributed by atoms with Crippen LogP contribution in [-0.2, 0) is 16.1 Å². The zero-order valence-electron chi connectivity index (χ0n) is 8.22. The van der Waals surface area contributed by atoms with E-state index in [0.29, 0.717) is 25.5 Å². The molecule has 2 N–H and O–H groups in total. The normalized spacial score (nSPS) is 16.8. The smallest absolute Gasteiger partial charge is 0.249 e. The Morgan fingerprint density at radius 1 is 1.47 bits per heavy atom. The average molecular weight is 208 g/mol. The molecule has 0 unspecified atom stereocenters. The van der Waals surface area contributed by atoms with Crippen molar-refractivity contribution in [2.24, 2.45) is 0 Å². The number of nitrogens with two attached hydrogens (primary N) is 1. The van der Waals surface area contributed by atoms with E-state index in [-0.39, 0.29) is 12.5 Å². The highest BCUT2D eigenvalue weighted by molar-refractivity contribution is 5.77. The van der Waals surface area contributed by atoms with Gasteiger partial charge in [0.15, 0.2) is 0 Å². The van der Waals surface area contributed by atoms with E-state index >= 15 is 0 Å². The summed E-state index contributed by atoms with van der Waals surface area (Å²) in [5.74, 6) is 0.368. The van der Waals surface area contributed by atoms with Crippen LogP contribution in [0.4, 0.5) is 5.82 Å². The number of nitrogens with zero attached hydrogens (tertiary/aromatic N) is 3. The van der Waals surface area contributed by atoms with Gasteiger partial charge in [0.05, 0.1) is 31.2 Å². The molecule has 0 bridgehead atoms. The average Bonchev–Trinajstić information content (AvgIpc) is 2.25. The zero-order chi connectivity index (χ0) is 10.7. The van der Waals surface area contributed by atoms with E-state index in [4.69, 9.17) is 10.5 Å². The fourth-order valence-electron chi connectivity index (χ4n) is 1.36. The lowest BCUT2D eigenvalue weighted by Gasteiger charge is -2.26. The lowest BCUT2D eigenvalue weighted by Crippen LogP contribution is -2.41. The third kappa shape index (κ3) is 2.41. The predicted molar refractivity (Wildman–Crippen MR) is 52.7 cm³/mol. The van der Waals surface area contributed by atoms with Crippen LogP contribution < -0.4 is 5.73 Å². The number of hydrogen-bond donors (Lipinski definition) is 1. The van der Waals surface area contributed by atoms with E-state index in [1.165, 1.54) is 6.20 Å². The summed E-state index contributed by atoms with van der Waals surface area (Å²) < 4.78 is 5.02. The summed E-state index contributed by atoms with van der Waals surface area (Å²) in [6, 6.07) is 0. The molecule has 0 radical (unpaired) electrons. The number of hydrogen-bond acceptors (Lipinski definition) is 5. The summed E-state index contributed by atoms with van der Waals surface area (Å²) in [5, 5.41) is 0. The molecule has 1 saturated heterocycles. The van der Waals surface area contributed by atoms with Gasteiger partial charge in [-0.15, -0.1) is 0 Å². The van der Waals surface area contributed by atoms with Crippen LogP contribution in [0.1, 0.15) is 5.69 Å². The topological polar surface area (TPSA) is 81.3 Å². The van der Waals surface area contributed by atoms with Crippen molar-refractivity contribution in [3.63, 3.8) is 0 Å². The molecule has 1 fully saturated rings. The molecule has 1 aliphatic rings. The molecule has 0 atom stereocenters. The third-order valence-electron chi connectivity index (χ3n) is 2.16. The van der Waals surface area contributed by atoms with Crippen molar-refractivity contribution in [3.05, 3.63) is 18.1 Å². The molecule has 6 heteroatoms. The SMILES string of the molecule is Nc1cnc(CN2CCOCC2=O)cn1. The molecule has 0 aliphatic carbocycles. The van der Waals surface area contributed by atoms with E-state index in [9.17, 15) is 4.79 Å². The molecule has 0 spiro atoms. The van der Waals surface area contributed by atoms with E-state index in [1.807, 2.05) is 0 Å². The van der Waals surface area contributed by atoms with Gasteiger partial charge in [0.1, 0.15) is 12.4 Å². The van der Waals surface area contributed by atoms with Gasteiger partial charge in [-0.25, -0.2) is 4.98 Å². The summed E-state index contributed by atoms with van der Waals surface area (Å²) >= 11 is 0. The standard InChI is InChI=1S/C9H12N4O2/c10-8-4-11-7(3-12-8)5-13-1-2-15-6-9(13)14/h3-4H,1-2,5-6H2,(H2,10,12). The van der Waals surface area contributed by atoms with Crippen molar-refractivity contribution in [1.29, 1.82) is 0 Å². The Labute approximate surface area is 87.1 Å². The van der Waals surface area contributed by atoms with Crippen molar-refractivity contribution in [1.82, 2.24) is 14.9 Å². The first kappa shape index (κ1) is 9.85. The van der Waals surface area contributed by atoms with Crippen LogP contribution in [0.25, 0.3) is 0 Å². The van der Waals surface area contributed by atoms with Crippen molar-refractivity contribution in [2.45, 2.75) is 6.54 Å². The highest BCUT2D eigenvalue weighted by Gasteiger charge is 2.18. The molecule has 2 heterocycles. The van der Waals surface area contributed by atoms with Gasteiger partial charge in [-0.05, 0) is 0 Å². The minimum Gasteiger partial charge on any atom is -0.382 e. The maximum atomic E-state index is 11.4. The molecular formula is C9H12N4O2. The minimum absolute atomic E-state index is 0.0140. The van der Waals surface area contributed by atoms with Crippen LogP contribution >= 0.6 is 0 Å². The van der Waals surface area contributed by atoms with E-state index in [2.05, 4.69) is 9.97 Å². The monoisotopic (exact) mass is 208 g/mol. The third-order valence-corrected chi connectivity index (χ3v) is 2.16. The number of nitrogen functional groups attached to an aromatic ring is 1. The van der Waals surface area contributed by atoms with Crippen LogP contribution in [0.5, 0.6) is 0 Å². The van der Waals surface area contributed by atoms with E-state index < -0.39 is 0 Å². The summed E-state index contributed by atoms with van der Waals surface area (Å²) in [6.07, 6.45) is 3.07. The second kappa shape index (κ2) is 4.22. The van der Waals surface area contributed by atoms with Gasteiger partial charge in [0.25, 0.3) is 0 Å². The Balaban J connectivity index is 2.01. The second-order valence-electron chi connectivity index (χ2n) is 3.30. The molecule has 0 saturated carbocycles. The lowest BCUT2D eigenvalue weighted by atomic mass is 10.3. The summed E-state index contributed by atoms with van der Waals surface area (Å²) in [7, 11) is 0. The van der Waals surface area contributed by atoms with Crippen molar-refractivity contribution >= 4 is 11.7 Å². The van der Waals surface area contributed by atoms with Crippen molar-refractivity contribution < 1.29 is 9.53 Å². The number of anilines is 1. The summed E-state index contributed by atoms with van der Waals surface area (Å²) in [6.45, 7) is 1.80.